The van der Waals surface area contributed by atoms with Crippen molar-refractivity contribution >= 4 is 17.6 Å². The molecule has 2 aromatic heterocycles. The number of hydrogen-bond acceptors (Lipinski definition) is 3. The van der Waals surface area contributed by atoms with Crippen molar-refractivity contribution in [3.8, 4) is 5.82 Å². The fourth-order valence-electron chi connectivity index (χ4n) is 1.37. The van der Waals surface area contributed by atoms with Gasteiger partial charge in [-0.15, -0.1) is 0 Å². The molecule has 5 nitrogen and oxygen atoms in total. The molecule has 0 aliphatic heterocycles. The van der Waals surface area contributed by atoms with Crippen LogP contribution in [0.4, 0.5) is 0 Å². The van der Waals surface area contributed by atoms with Gasteiger partial charge in [-0.1, -0.05) is 17.7 Å². The Kier molecular flexibility index (Phi) is 2.62. The maximum Gasteiger partial charge on any atom is 0.340 e. The van der Waals surface area contributed by atoms with Crippen LogP contribution in [0.5, 0.6) is 0 Å². The standard InChI is InChI=1S/C10H8ClN3O2/c1-6-8(10(15)16)9(11)14(13-6)7-4-2-3-5-12-7/h2-5H,1H3,(H,15,16). The van der Waals surface area contributed by atoms with Crippen LogP contribution in [0.25, 0.3) is 5.82 Å². The topological polar surface area (TPSA) is 68.0 Å². The lowest BCUT2D eigenvalue weighted by molar-refractivity contribution is 0.0696. The summed E-state index contributed by atoms with van der Waals surface area (Å²) in [6.45, 7) is 1.59. The van der Waals surface area contributed by atoms with E-state index in [2.05, 4.69) is 10.1 Å². The molecule has 2 aromatic rings. The number of carboxylic acid groups (broad SMARTS) is 1. The van der Waals surface area contributed by atoms with Crippen molar-refractivity contribution in [2.24, 2.45) is 0 Å². The van der Waals surface area contributed by atoms with Crippen LogP contribution >= 0.6 is 11.6 Å². The van der Waals surface area contributed by atoms with E-state index in [1.807, 2.05) is 0 Å². The minimum absolute atomic E-state index is 0.00678. The van der Waals surface area contributed by atoms with Crippen LogP contribution < -0.4 is 0 Å². The number of nitrogens with zero attached hydrogens (tertiary/aromatic N) is 3. The number of aromatic nitrogens is 3. The first kappa shape index (κ1) is 10.6. The Morgan fingerprint density at radius 1 is 1.50 bits per heavy atom. The molecule has 0 fully saturated rings. The van der Waals surface area contributed by atoms with Crippen molar-refractivity contribution in [3.63, 3.8) is 0 Å². The van der Waals surface area contributed by atoms with Gasteiger partial charge in [0.1, 0.15) is 10.7 Å². The van der Waals surface area contributed by atoms with Gasteiger partial charge < -0.3 is 5.11 Å². The third kappa shape index (κ3) is 1.65. The Morgan fingerprint density at radius 2 is 2.25 bits per heavy atom. The van der Waals surface area contributed by atoms with E-state index >= 15 is 0 Å². The van der Waals surface area contributed by atoms with Crippen molar-refractivity contribution in [1.29, 1.82) is 0 Å². The fourth-order valence-corrected chi connectivity index (χ4v) is 1.71. The molecular weight excluding hydrogens is 230 g/mol. The monoisotopic (exact) mass is 237 g/mol. The molecule has 16 heavy (non-hydrogen) atoms. The molecule has 0 unspecified atom stereocenters. The number of rotatable bonds is 2. The highest BCUT2D eigenvalue weighted by Gasteiger charge is 2.20. The van der Waals surface area contributed by atoms with E-state index in [1.165, 1.54) is 4.68 Å². The molecule has 0 saturated carbocycles. The first-order chi connectivity index (χ1) is 7.61. The van der Waals surface area contributed by atoms with E-state index in [0.717, 1.165) is 0 Å². The third-order valence-electron chi connectivity index (χ3n) is 2.08. The van der Waals surface area contributed by atoms with Gasteiger partial charge in [-0.05, 0) is 19.1 Å². The maximum atomic E-state index is 10.9. The van der Waals surface area contributed by atoms with E-state index in [-0.39, 0.29) is 10.7 Å². The highest BCUT2D eigenvalue weighted by molar-refractivity contribution is 6.32. The van der Waals surface area contributed by atoms with Crippen LogP contribution in [0.2, 0.25) is 5.15 Å². The van der Waals surface area contributed by atoms with Gasteiger partial charge in [0.05, 0.1) is 5.69 Å². The Bertz CT molecular complexity index is 536. The zero-order chi connectivity index (χ0) is 11.7. The zero-order valence-corrected chi connectivity index (χ0v) is 9.14. The molecule has 0 spiro atoms. The summed E-state index contributed by atoms with van der Waals surface area (Å²) in [6.07, 6.45) is 1.59. The van der Waals surface area contributed by atoms with Gasteiger partial charge >= 0.3 is 5.97 Å². The number of aryl methyl sites for hydroxylation is 1. The lowest BCUT2D eigenvalue weighted by Crippen LogP contribution is -2.00. The Morgan fingerprint density at radius 3 is 2.75 bits per heavy atom. The lowest BCUT2D eigenvalue weighted by Gasteiger charge is -2.00. The molecule has 0 bridgehead atoms. The molecule has 0 atom stereocenters. The number of carboxylic acids is 1. The van der Waals surface area contributed by atoms with Gasteiger partial charge in [0.2, 0.25) is 0 Å². The van der Waals surface area contributed by atoms with Gasteiger partial charge in [-0.25, -0.2) is 14.5 Å². The van der Waals surface area contributed by atoms with E-state index < -0.39 is 5.97 Å². The highest BCUT2D eigenvalue weighted by Crippen LogP contribution is 2.22. The lowest BCUT2D eigenvalue weighted by atomic mass is 10.3. The van der Waals surface area contributed by atoms with Crippen molar-refractivity contribution in [1.82, 2.24) is 14.8 Å². The van der Waals surface area contributed by atoms with Gasteiger partial charge in [0, 0.05) is 6.20 Å². The molecule has 0 amide bonds. The summed E-state index contributed by atoms with van der Waals surface area (Å²) in [7, 11) is 0. The van der Waals surface area contributed by atoms with E-state index in [9.17, 15) is 4.79 Å². The largest absolute Gasteiger partial charge is 0.478 e. The molecular formula is C10H8ClN3O2. The van der Waals surface area contributed by atoms with Gasteiger partial charge in [0.15, 0.2) is 5.82 Å². The number of hydrogen-bond donors (Lipinski definition) is 1. The molecule has 1 N–H and O–H groups in total. The minimum Gasteiger partial charge on any atom is -0.478 e. The molecule has 0 aliphatic rings. The summed E-state index contributed by atoms with van der Waals surface area (Å²) in [5.41, 5.74) is 0.371. The fraction of sp³-hybridized carbons (Fsp3) is 0.100. The smallest absolute Gasteiger partial charge is 0.340 e. The summed E-state index contributed by atoms with van der Waals surface area (Å²) in [6, 6.07) is 5.23. The van der Waals surface area contributed by atoms with E-state index in [4.69, 9.17) is 16.7 Å². The molecule has 0 radical (unpaired) electrons. The predicted octanol–water partition coefficient (Wildman–Crippen LogP) is 1.93. The average molecular weight is 238 g/mol. The summed E-state index contributed by atoms with van der Waals surface area (Å²) in [5.74, 6) is -0.604. The second kappa shape index (κ2) is 3.94. The van der Waals surface area contributed by atoms with Gasteiger partial charge in [-0.3, -0.25) is 0 Å². The van der Waals surface area contributed by atoms with Crippen LogP contribution in [-0.2, 0) is 0 Å². The predicted molar refractivity (Wildman–Crippen MR) is 58.1 cm³/mol. The van der Waals surface area contributed by atoms with Crippen LogP contribution in [-0.4, -0.2) is 25.8 Å². The second-order valence-electron chi connectivity index (χ2n) is 3.16. The molecule has 82 valence electrons. The number of carbonyl (C=O) groups is 1. The summed E-state index contributed by atoms with van der Waals surface area (Å²) in [4.78, 5) is 15.0. The quantitative estimate of drug-likeness (QED) is 0.867. The molecule has 0 aliphatic carbocycles. The first-order valence-electron chi connectivity index (χ1n) is 4.51. The van der Waals surface area contributed by atoms with Crippen molar-refractivity contribution < 1.29 is 9.90 Å². The van der Waals surface area contributed by atoms with Crippen molar-refractivity contribution in [2.75, 3.05) is 0 Å². The van der Waals surface area contributed by atoms with Crippen molar-refractivity contribution in [2.45, 2.75) is 6.92 Å². The molecule has 2 heterocycles. The van der Waals surface area contributed by atoms with Crippen LogP contribution in [0, 0.1) is 6.92 Å². The Hall–Kier alpha value is -1.88. The third-order valence-corrected chi connectivity index (χ3v) is 2.43. The summed E-state index contributed by atoms with van der Waals surface area (Å²) < 4.78 is 1.31. The van der Waals surface area contributed by atoms with Crippen molar-refractivity contribution in [3.05, 3.63) is 40.8 Å². The van der Waals surface area contributed by atoms with E-state index in [1.54, 1.807) is 31.3 Å². The second-order valence-corrected chi connectivity index (χ2v) is 3.51. The van der Waals surface area contributed by atoms with Gasteiger partial charge in [-0.2, -0.15) is 5.10 Å². The highest BCUT2D eigenvalue weighted by atomic mass is 35.5. The Labute approximate surface area is 96.3 Å². The Balaban J connectivity index is 2.61. The molecule has 0 saturated heterocycles. The number of pyridine rings is 1. The van der Waals surface area contributed by atoms with E-state index in [0.29, 0.717) is 11.5 Å². The summed E-state index contributed by atoms with van der Waals surface area (Å²) in [5, 5.41) is 13.1. The minimum atomic E-state index is -1.09. The summed E-state index contributed by atoms with van der Waals surface area (Å²) >= 11 is 5.94. The molecule has 0 aromatic carbocycles. The normalized spacial score (nSPS) is 10.4. The molecule has 2 rings (SSSR count). The SMILES string of the molecule is Cc1nn(-c2ccccn2)c(Cl)c1C(=O)O. The van der Waals surface area contributed by atoms with Crippen LogP contribution in [0.15, 0.2) is 24.4 Å². The zero-order valence-electron chi connectivity index (χ0n) is 8.38. The van der Waals surface area contributed by atoms with Gasteiger partial charge in [0.25, 0.3) is 0 Å². The van der Waals surface area contributed by atoms with Crippen LogP contribution in [0.1, 0.15) is 16.1 Å². The molecule has 6 heteroatoms. The number of aromatic carboxylic acids is 1. The average Bonchev–Trinajstić information content (AvgIpc) is 2.55. The first-order valence-corrected chi connectivity index (χ1v) is 4.89. The maximum absolute atomic E-state index is 10.9. The number of halogens is 1. The van der Waals surface area contributed by atoms with Crippen LogP contribution in [0.3, 0.4) is 0 Å².